The van der Waals surface area contributed by atoms with E-state index in [9.17, 15) is 0 Å². The minimum absolute atomic E-state index is 0.522. The van der Waals surface area contributed by atoms with E-state index < -0.39 is 0 Å². The number of hydrogen-bond donors (Lipinski definition) is 0. The third kappa shape index (κ3) is 4.50. The second-order valence-electron chi connectivity index (χ2n) is 2.78. The van der Waals surface area contributed by atoms with Crippen molar-refractivity contribution in [1.29, 1.82) is 0 Å². The van der Waals surface area contributed by atoms with Crippen LogP contribution in [0.25, 0.3) is 0 Å². The molecule has 0 heterocycles. The molecule has 0 bridgehead atoms. The maximum Gasteiger partial charge on any atom is 0.106 e. The molecule has 0 aliphatic rings. The Kier molecular flexibility index (Phi) is 5.38. The van der Waals surface area contributed by atoms with Gasteiger partial charge in [0.1, 0.15) is 7.85 Å². The largest absolute Gasteiger partial charge is 0.115 e. The Labute approximate surface area is 70.8 Å². The molecule has 0 aromatic rings. The van der Waals surface area contributed by atoms with E-state index in [0.717, 1.165) is 6.32 Å². The van der Waals surface area contributed by atoms with Gasteiger partial charge in [-0.05, 0) is 17.6 Å². The predicted molar refractivity (Wildman–Crippen MR) is 54.2 cm³/mol. The molecule has 1 heteroatoms. The Hall–Kier alpha value is -0.895. The van der Waals surface area contributed by atoms with Crippen LogP contribution in [0.1, 0.15) is 13.8 Å². The van der Waals surface area contributed by atoms with Crippen LogP contribution < -0.4 is 0 Å². The first-order chi connectivity index (χ1) is 5.22. The van der Waals surface area contributed by atoms with Crippen molar-refractivity contribution in [1.82, 2.24) is 0 Å². The van der Waals surface area contributed by atoms with Crippen LogP contribution in [-0.2, 0) is 0 Å². The maximum absolute atomic E-state index is 5.18. The molecule has 0 atom stereocenters. The SMILES string of the molecule is BC/C=C\C(=C/C#C)C(C)C. The first kappa shape index (κ1) is 10.1. The Morgan fingerprint density at radius 2 is 2.27 bits per heavy atom. The van der Waals surface area contributed by atoms with Gasteiger partial charge in [-0.25, -0.2) is 0 Å². The summed E-state index contributed by atoms with van der Waals surface area (Å²) in [6, 6.07) is 0. The first-order valence-electron chi connectivity index (χ1n) is 4.05. The molecule has 0 saturated carbocycles. The van der Waals surface area contributed by atoms with E-state index in [-0.39, 0.29) is 0 Å². The number of allylic oxidation sites excluding steroid dienone is 4. The zero-order valence-electron chi connectivity index (χ0n) is 7.59. The third-order valence-electron chi connectivity index (χ3n) is 1.46. The van der Waals surface area contributed by atoms with E-state index in [0.29, 0.717) is 5.92 Å². The summed E-state index contributed by atoms with van der Waals surface area (Å²) in [5.74, 6) is 3.07. The van der Waals surface area contributed by atoms with Gasteiger partial charge in [0.25, 0.3) is 0 Å². The van der Waals surface area contributed by atoms with Gasteiger partial charge in [0.2, 0.25) is 0 Å². The summed E-state index contributed by atoms with van der Waals surface area (Å²) in [6.07, 6.45) is 12.3. The van der Waals surface area contributed by atoms with E-state index in [1.807, 2.05) is 6.08 Å². The second kappa shape index (κ2) is 5.86. The van der Waals surface area contributed by atoms with Crippen molar-refractivity contribution in [3.8, 4) is 12.3 Å². The number of hydrogen-bond acceptors (Lipinski definition) is 0. The fourth-order valence-corrected chi connectivity index (χ4v) is 0.757. The highest BCUT2D eigenvalue weighted by molar-refractivity contribution is 6.09. The Balaban J connectivity index is 4.26. The average molecular weight is 146 g/mol. The van der Waals surface area contributed by atoms with Gasteiger partial charge in [0.05, 0.1) is 0 Å². The van der Waals surface area contributed by atoms with Gasteiger partial charge in [-0.3, -0.25) is 0 Å². The summed E-state index contributed by atoms with van der Waals surface area (Å²) in [5.41, 5.74) is 1.23. The molecule has 0 aromatic carbocycles. The highest BCUT2D eigenvalue weighted by Crippen LogP contribution is 2.10. The Morgan fingerprint density at radius 3 is 2.64 bits per heavy atom. The summed E-state index contributed by atoms with van der Waals surface area (Å²) in [5, 5.41) is 0. The number of rotatable bonds is 3. The quantitative estimate of drug-likeness (QED) is 0.323. The van der Waals surface area contributed by atoms with Crippen LogP contribution in [0, 0.1) is 18.3 Å². The van der Waals surface area contributed by atoms with Crippen LogP contribution in [-0.4, -0.2) is 7.85 Å². The van der Waals surface area contributed by atoms with Crippen LogP contribution in [0.4, 0.5) is 0 Å². The lowest BCUT2D eigenvalue weighted by Gasteiger charge is -2.03. The highest BCUT2D eigenvalue weighted by Gasteiger charge is 1.95. The van der Waals surface area contributed by atoms with Crippen LogP contribution in [0.5, 0.6) is 0 Å². The summed E-state index contributed by atoms with van der Waals surface area (Å²) in [4.78, 5) is 0. The normalized spacial score (nSPS) is 12.4. The fourth-order valence-electron chi connectivity index (χ4n) is 0.757. The third-order valence-corrected chi connectivity index (χ3v) is 1.46. The Morgan fingerprint density at radius 1 is 1.64 bits per heavy atom. The van der Waals surface area contributed by atoms with Crippen LogP contribution in [0.3, 0.4) is 0 Å². The minimum Gasteiger partial charge on any atom is -0.115 e. The molecule has 0 aromatic heterocycles. The monoisotopic (exact) mass is 146 g/mol. The van der Waals surface area contributed by atoms with Crippen molar-refractivity contribution in [3.05, 3.63) is 23.8 Å². The molecule has 0 unspecified atom stereocenters. The molecule has 0 spiro atoms. The summed E-state index contributed by atoms with van der Waals surface area (Å²) >= 11 is 0. The van der Waals surface area contributed by atoms with Gasteiger partial charge in [-0.1, -0.05) is 38.2 Å². The van der Waals surface area contributed by atoms with Crippen molar-refractivity contribution in [2.24, 2.45) is 5.92 Å². The molecule has 0 aliphatic carbocycles. The van der Waals surface area contributed by atoms with Crippen LogP contribution >= 0.6 is 0 Å². The molecule has 0 rings (SSSR count). The van der Waals surface area contributed by atoms with Crippen molar-refractivity contribution >= 4 is 7.85 Å². The van der Waals surface area contributed by atoms with E-state index in [1.165, 1.54) is 5.57 Å². The predicted octanol–water partition coefficient (Wildman–Crippen LogP) is 1.81. The molecule has 0 fully saturated rings. The molecular formula is C10H15B. The van der Waals surface area contributed by atoms with Gasteiger partial charge in [-0.15, -0.1) is 6.42 Å². The average Bonchev–Trinajstić information content (AvgIpc) is 1.97. The molecule has 11 heavy (non-hydrogen) atoms. The van der Waals surface area contributed by atoms with Crippen LogP contribution in [0.15, 0.2) is 23.8 Å². The van der Waals surface area contributed by atoms with Crippen molar-refractivity contribution in [2.75, 3.05) is 0 Å². The van der Waals surface area contributed by atoms with Gasteiger partial charge in [0.15, 0.2) is 0 Å². The Bertz CT molecular complexity index is 191. The van der Waals surface area contributed by atoms with E-state index >= 15 is 0 Å². The minimum atomic E-state index is 0.522. The second-order valence-corrected chi connectivity index (χ2v) is 2.78. The fraction of sp³-hybridized carbons (Fsp3) is 0.400. The molecular weight excluding hydrogens is 131 g/mol. The highest BCUT2D eigenvalue weighted by atomic mass is 14.0. The van der Waals surface area contributed by atoms with Crippen molar-refractivity contribution < 1.29 is 0 Å². The number of terminal acetylenes is 1. The lowest BCUT2D eigenvalue weighted by Crippen LogP contribution is -1.89. The molecule has 0 radical (unpaired) electrons. The molecule has 0 aliphatic heterocycles. The zero-order chi connectivity index (χ0) is 8.69. The standard InChI is InChI=1S/C10H15B/c1-4-6-10(9(2)3)7-5-8-11/h1,5-7,9H,8,11H2,2-3H3/b7-5-,10-6+. The van der Waals surface area contributed by atoms with Gasteiger partial charge >= 0.3 is 0 Å². The van der Waals surface area contributed by atoms with E-state index in [2.05, 4.69) is 39.8 Å². The summed E-state index contributed by atoms with van der Waals surface area (Å²) < 4.78 is 0. The molecule has 0 N–H and O–H groups in total. The van der Waals surface area contributed by atoms with Crippen molar-refractivity contribution in [3.63, 3.8) is 0 Å². The first-order valence-corrected chi connectivity index (χ1v) is 4.05. The summed E-state index contributed by atoms with van der Waals surface area (Å²) in [6.45, 7) is 4.28. The molecule has 58 valence electrons. The molecule has 0 amide bonds. The molecule has 0 nitrogen and oxygen atoms in total. The maximum atomic E-state index is 5.18. The summed E-state index contributed by atoms with van der Waals surface area (Å²) in [7, 11) is 2.12. The van der Waals surface area contributed by atoms with Gasteiger partial charge in [-0.2, -0.15) is 0 Å². The smallest absolute Gasteiger partial charge is 0.106 e. The zero-order valence-corrected chi connectivity index (χ0v) is 7.59. The van der Waals surface area contributed by atoms with Gasteiger partial charge in [0, 0.05) is 0 Å². The van der Waals surface area contributed by atoms with Crippen molar-refractivity contribution in [2.45, 2.75) is 20.2 Å². The van der Waals surface area contributed by atoms with Crippen LogP contribution in [0.2, 0.25) is 6.32 Å². The van der Waals surface area contributed by atoms with Gasteiger partial charge < -0.3 is 0 Å². The topological polar surface area (TPSA) is 0 Å². The molecule has 0 saturated heterocycles. The van der Waals surface area contributed by atoms with E-state index in [4.69, 9.17) is 6.42 Å². The lowest BCUT2D eigenvalue weighted by atomic mass is 9.99. The van der Waals surface area contributed by atoms with E-state index in [1.54, 1.807) is 0 Å². The lowest BCUT2D eigenvalue weighted by molar-refractivity contribution is 0.792.